The van der Waals surface area contributed by atoms with Crippen molar-refractivity contribution < 1.29 is 14.1 Å². The van der Waals surface area contributed by atoms with Crippen LogP contribution in [0.15, 0.2) is 4.52 Å². The van der Waals surface area contributed by atoms with Gasteiger partial charge in [-0.15, -0.1) is 0 Å². The number of carbonyl (C=O) groups is 2. The Morgan fingerprint density at radius 1 is 1.04 bits per heavy atom. The number of piperazine rings is 1. The fourth-order valence-corrected chi connectivity index (χ4v) is 4.07. The minimum Gasteiger partial charge on any atom is -0.341 e. The number of anilines is 1. The summed E-state index contributed by atoms with van der Waals surface area (Å²) in [5, 5.41) is 7.20. The molecule has 3 aliphatic rings. The molecule has 3 aliphatic heterocycles. The number of aromatic nitrogens is 2. The van der Waals surface area contributed by atoms with Crippen LogP contribution in [-0.2, 0) is 9.59 Å². The predicted octanol–water partition coefficient (Wildman–Crippen LogP) is -0.373. The van der Waals surface area contributed by atoms with Crippen molar-refractivity contribution in [1.82, 2.24) is 25.3 Å². The van der Waals surface area contributed by atoms with E-state index in [4.69, 9.17) is 4.52 Å². The van der Waals surface area contributed by atoms with Crippen molar-refractivity contribution in [3.8, 4) is 0 Å². The predicted molar refractivity (Wildman–Crippen MR) is 93.5 cm³/mol. The second kappa shape index (κ2) is 7.22. The van der Waals surface area contributed by atoms with Crippen molar-refractivity contribution >= 4 is 17.8 Å². The Balaban J connectivity index is 1.28. The van der Waals surface area contributed by atoms with Gasteiger partial charge in [0.2, 0.25) is 17.7 Å². The number of hydrogen-bond acceptors (Lipinski definition) is 7. The zero-order valence-electron chi connectivity index (χ0n) is 15.2. The lowest BCUT2D eigenvalue weighted by Gasteiger charge is -2.35. The molecule has 0 aliphatic carbocycles. The molecule has 0 aromatic carbocycles. The molecule has 1 aromatic rings. The van der Waals surface area contributed by atoms with E-state index in [1.165, 1.54) is 0 Å². The van der Waals surface area contributed by atoms with Crippen molar-refractivity contribution in [3.05, 3.63) is 5.89 Å². The highest BCUT2D eigenvalue weighted by atomic mass is 16.5. The third kappa shape index (κ3) is 3.40. The van der Waals surface area contributed by atoms with Gasteiger partial charge in [-0.3, -0.25) is 9.59 Å². The lowest BCUT2D eigenvalue weighted by atomic mass is 10.0. The molecule has 0 unspecified atom stereocenters. The lowest BCUT2D eigenvalue weighted by Crippen LogP contribution is -2.51. The van der Waals surface area contributed by atoms with Gasteiger partial charge < -0.3 is 24.5 Å². The summed E-state index contributed by atoms with van der Waals surface area (Å²) in [7, 11) is 0. The number of amides is 2. The first-order valence-corrected chi connectivity index (χ1v) is 9.48. The summed E-state index contributed by atoms with van der Waals surface area (Å²) >= 11 is 0. The van der Waals surface area contributed by atoms with Crippen LogP contribution >= 0.6 is 0 Å². The van der Waals surface area contributed by atoms with Crippen LogP contribution in [0.1, 0.15) is 25.2 Å². The highest BCUT2D eigenvalue weighted by Gasteiger charge is 2.38. The minimum atomic E-state index is -0.203. The first-order valence-electron chi connectivity index (χ1n) is 9.48. The molecule has 0 spiro atoms. The number of likely N-dealkylation sites (tertiary alicyclic amines) is 1. The van der Waals surface area contributed by atoms with Crippen molar-refractivity contribution in [2.75, 3.05) is 50.7 Å². The Morgan fingerprint density at radius 3 is 2.38 bits per heavy atom. The smallest absolute Gasteiger partial charge is 0.266 e. The molecule has 2 atom stereocenters. The Kier molecular flexibility index (Phi) is 4.80. The Morgan fingerprint density at radius 2 is 1.73 bits per heavy atom. The molecule has 3 fully saturated rings. The lowest BCUT2D eigenvalue weighted by molar-refractivity contribution is -0.135. The topological polar surface area (TPSA) is 94.8 Å². The van der Waals surface area contributed by atoms with Crippen LogP contribution in [-0.4, -0.2) is 83.6 Å². The van der Waals surface area contributed by atoms with E-state index in [-0.39, 0.29) is 23.8 Å². The Labute approximate surface area is 152 Å². The van der Waals surface area contributed by atoms with Crippen LogP contribution < -0.4 is 10.2 Å². The Hall–Kier alpha value is -2.16. The molecule has 4 heterocycles. The van der Waals surface area contributed by atoms with Gasteiger partial charge in [0.1, 0.15) is 0 Å². The molecule has 0 radical (unpaired) electrons. The normalized spacial score (nSPS) is 26.6. The maximum Gasteiger partial charge on any atom is 0.266 e. The van der Waals surface area contributed by atoms with Gasteiger partial charge in [0, 0.05) is 52.7 Å². The maximum absolute atomic E-state index is 12.8. The first kappa shape index (κ1) is 17.3. The molecule has 3 saturated heterocycles. The molecule has 4 rings (SSSR count). The molecule has 2 amide bonds. The summed E-state index contributed by atoms with van der Waals surface area (Å²) in [6.07, 6.45) is 2.79. The highest BCUT2D eigenvalue weighted by Crippen LogP contribution is 2.21. The van der Waals surface area contributed by atoms with Gasteiger partial charge in [0.05, 0.1) is 12.0 Å². The van der Waals surface area contributed by atoms with E-state index < -0.39 is 0 Å². The van der Waals surface area contributed by atoms with Crippen molar-refractivity contribution in [3.63, 3.8) is 0 Å². The molecular weight excluding hydrogens is 336 g/mol. The summed E-state index contributed by atoms with van der Waals surface area (Å²) in [6, 6.07) is -0.203. The van der Waals surface area contributed by atoms with E-state index in [1.807, 2.05) is 14.7 Å². The van der Waals surface area contributed by atoms with Crippen LogP contribution in [0.4, 0.5) is 5.95 Å². The third-order valence-corrected chi connectivity index (χ3v) is 5.59. The fourth-order valence-electron chi connectivity index (χ4n) is 4.07. The van der Waals surface area contributed by atoms with E-state index >= 15 is 0 Å². The fraction of sp³-hybridized carbons (Fsp3) is 0.765. The van der Waals surface area contributed by atoms with Gasteiger partial charge in [-0.25, -0.2) is 0 Å². The summed E-state index contributed by atoms with van der Waals surface area (Å²) < 4.78 is 5.02. The van der Waals surface area contributed by atoms with E-state index in [0.717, 1.165) is 25.9 Å². The highest BCUT2D eigenvalue weighted by molar-refractivity contribution is 5.86. The largest absolute Gasteiger partial charge is 0.341 e. The first-order chi connectivity index (χ1) is 12.6. The van der Waals surface area contributed by atoms with Crippen molar-refractivity contribution in [2.24, 2.45) is 5.92 Å². The number of hydrogen-bond donors (Lipinski definition) is 1. The molecular formula is C17H26N6O3. The number of rotatable bonds is 3. The second-order valence-corrected chi connectivity index (χ2v) is 7.35. The van der Waals surface area contributed by atoms with Crippen molar-refractivity contribution in [2.45, 2.75) is 32.2 Å². The SMILES string of the molecule is Cc1nc(N2CCN(C(=O)[C@@H]3CN[C@H](C(=O)N4CCCC4)C3)CC2)no1. The molecule has 0 saturated carbocycles. The average molecular weight is 362 g/mol. The summed E-state index contributed by atoms with van der Waals surface area (Å²) in [5.74, 6) is 1.34. The number of nitrogens with zero attached hydrogens (tertiary/aromatic N) is 5. The second-order valence-electron chi connectivity index (χ2n) is 7.35. The number of nitrogens with one attached hydrogen (secondary N) is 1. The molecule has 9 heteroatoms. The van der Waals surface area contributed by atoms with Crippen LogP contribution in [0.5, 0.6) is 0 Å². The molecule has 1 N–H and O–H groups in total. The Bertz CT molecular complexity index is 663. The van der Waals surface area contributed by atoms with E-state index in [2.05, 4.69) is 15.5 Å². The molecule has 26 heavy (non-hydrogen) atoms. The van der Waals surface area contributed by atoms with Gasteiger partial charge in [0.15, 0.2) is 0 Å². The zero-order chi connectivity index (χ0) is 18.1. The average Bonchev–Trinajstić information content (AvgIpc) is 3.42. The summed E-state index contributed by atoms with van der Waals surface area (Å²) in [6.45, 7) is 6.75. The van der Waals surface area contributed by atoms with E-state index in [0.29, 0.717) is 51.0 Å². The molecule has 0 bridgehead atoms. The van der Waals surface area contributed by atoms with Gasteiger partial charge in [-0.1, -0.05) is 0 Å². The maximum atomic E-state index is 12.8. The number of carbonyl (C=O) groups excluding carboxylic acids is 2. The standard InChI is InChI=1S/C17H26N6O3/c1-12-19-17(20-26-12)23-8-6-22(7-9-23)15(24)13-10-14(18-11-13)16(25)21-4-2-3-5-21/h13-14,18H,2-11H2,1H3/t13-,14-/m0/s1. The van der Waals surface area contributed by atoms with Gasteiger partial charge in [-0.05, 0) is 24.4 Å². The van der Waals surface area contributed by atoms with Crippen LogP contribution in [0.25, 0.3) is 0 Å². The van der Waals surface area contributed by atoms with E-state index in [1.54, 1.807) is 6.92 Å². The molecule has 142 valence electrons. The minimum absolute atomic E-state index is 0.106. The summed E-state index contributed by atoms with van der Waals surface area (Å²) in [4.78, 5) is 35.4. The quantitative estimate of drug-likeness (QED) is 0.784. The monoisotopic (exact) mass is 362 g/mol. The third-order valence-electron chi connectivity index (χ3n) is 5.59. The molecule has 9 nitrogen and oxygen atoms in total. The van der Waals surface area contributed by atoms with E-state index in [9.17, 15) is 9.59 Å². The van der Waals surface area contributed by atoms with Crippen LogP contribution in [0, 0.1) is 12.8 Å². The van der Waals surface area contributed by atoms with Gasteiger partial charge in [0.25, 0.3) is 5.95 Å². The van der Waals surface area contributed by atoms with Gasteiger partial charge in [-0.2, -0.15) is 4.98 Å². The molecule has 1 aromatic heterocycles. The number of aryl methyl sites for hydroxylation is 1. The van der Waals surface area contributed by atoms with Gasteiger partial charge >= 0.3 is 0 Å². The van der Waals surface area contributed by atoms with Crippen LogP contribution in [0.3, 0.4) is 0 Å². The summed E-state index contributed by atoms with van der Waals surface area (Å²) in [5.41, 5.74) is 0. The van der Waals surface area contributed by atoms with Crippen LogP contribution in [0.2, 0.25) is 0 Å². The zero-order valence-corrected chi connectivity index (χ0v) is 15.2. The van der Waals surface area contributed by atoms with Crippen molar-refractivity contribution in [1.29, 1.82) is 0 Å².